The summed E-state index contributed by atoms with van der Waals surface area (Å²) in [5.74, 6) is -0.173. The lowest BCUT2D eigenvalue weighted by Gasteiger charge is -2.08. The number of nitrogens with zero attached hydrogens (tertiary/aromatic N) is 4. The molecule has 0 aliphatic heterocycles. The van der Waals surface area contributed by atoms with E-state index in [4.69, 9.17) is 0 Å². The number of aromatic nitrogens is 4. The Morgan fingerprint density at radius 3 is 2.71 bits per heavy atom. The highest BCUT2D eigenvalue weighted by molar-refractivity contribution is 7.99. The maximum atomic E-state index is 12.3. The Hall–Kier alpha value is -3.20. The van der Waals surface area contributed by atoms with Gasteiger partial charge in [0.25, 0.3) is 5.91 Å². The normalized spacial score (nSPS) is 13.1. The summed E-state index contributed by atoms with van der Waals surface area (Å²) in [5.41, 5.74) is 1.94. The number of carbonyl (C=O) groups excluding carboxylic acids is 2. The van der Waals surface area contributed by atoms with Crippen molar-refractivity contribution in [2.24, 2.45) is 0 Å². The molecular formula is C19H18N6O2S. The van der Waals surface area contributed by atoms with Crippen LogP contribution in [0.5, 0.6) is 0 Å². The number of amides is 2. The van der Waals surface area contributed by atoms with Crippen LogP contribution in [0.2, 0.25) is 0 Å². The van der Waals surface area contributed by atoms with Gasteiger partial charge in [-0.1, -0.05) is 36.0 Å². The molecular weight excluding hydrogens is 376 g/mol. The van der Waals surface area contributed by atoms with Crippen molar-refractivity contribution < 1.29 is 9.59 Å². The Morgan fingerprint density at radius 2 is 1.93 bits per heavy atom. The third-order valence-electron chi connectivity index (χ3n) is 4.10. The molecule has 1 heterocycles. The number of benzene rings is 2. The molecule has 0 bridgehead atoms. The maximum Gasteiger partial charge on any atom is 0.251 e. The highest BCUT2D eigenvalue weighted by Gasteiger charge is 2.23. The fraction of sp³-hybridized carbons (Fsp3) is 0.211. The number of nitrogens with one attached hydrogen (secondary N) is 2. The van der Waals surface area contributed by atoms with E-state index in [-0.39, 0.29) is 23.6 Å². The molecule has 9 heteroatoms. The lowest BCUT2D eigenvalue weighted by atomic mass is 10.2. The van der Waals surface area contributed by atoms with E-state index in [2.05, 4.69) is 26.2 Å². The van der Waals surface area contributed by atoms with E-state index in [1.54, 1.807) is 28.9 Å². The van der Waals surface area contributed by atoms with Crippen molar-refractivity contribution in [3.8, 4) is 5.69 Å². The Bertz CT molecular complexity index is 987. The van der Waals surface area contributed by atoms with Crippen molar-refractivity contribution in [2.45, 2.75) is 24.0 Å². The number of para-hydroxylation sites is 1. The van der Waals surface area contributed by atoms with Crippen molar-refractivity contribution in [1.29, 1.82) is 0 Å². The third kappa shape index (κ3) is 4.55. The lowest BCUT2D eigenvalue weighted by molar-refractivity contribution is -0.113. The molecule has 4 rings (SSSR count). The van der Waals surface area contributed by atoms with Crippen LogP contribution in [0.4, 0.5) is 5.69 Å². The highest BCUT2D eigenvalue weighted by Crippen LogP contribution is 2.21. The van der Waals surface area contributed by atoms with Gasteiger partial charge >= 0.3 is 0 Å². The zero-order valence-corrected chi connectivity index (χ0v) is 15.7. The van der Waals surface area contributed by atoms with Crippen molar-refractivity contribution in [3.63, 3.8) is 0 Å². The van der Waals surface area contributed by atoms with Crippen molar-refractivity contribution in [2.75, 3.05) is 11.1 Å². The topological polar surface area (TPSA) is 102 Å². The number of thioether (sulfide) groups is 1. The Labute approximate surface area is 165 Å². The SMILES string of the molecule is O=C(CSc1nnnn1-c1ccccc1)Nc1cccc(C(=O)NC2CC2)c1. The zero-order chi connectivity index (χ0) is 19.3. The van der Waals surface area contributed by atoms with Gasteiger partial charge < -0.3 is 10.6 Å². The molecule has 8 nitrogen and oxygen atoms in total. The minimum Gasteiger partial charge on any atom is -0.349 e. The summed E-state index contributed by atoms with van der Waals surface area (Å²) in [4.78, 5) is 24.4. The first-order chi connectivity index (χ1) is 13.7. The van der Waals surface area contributed by atoms with E-state index in [1.807, 2.05) is 30.3 Å². The molecule has 1 aliphatic carbocycles. The number of anilines is 1. The van der Waals surface area contributed by atoms with E-state index in [0.717, 1.165) is 18.5 Å². The first kappa shape index (κ1) is 18.2. The molecule has 0 radical (unpaired) electrons. The summed E-state index contributed by atoms with van der Waals surface area (Å²) in [5, 5.41) is 17.9. The second kappa shape index (κ2) is 8.22. The quantitative estimate of drug-likeness (QED) is 0.596. The predicted molar refractivity (Wildman–Crippen MR) is 105 cm³/mol. The third-order valence-corrected chi connectivity index (χ3v) is 5.01. The van der Waals surface area contributed by atoms with Crippen LogP contribution in [0.15, 0.2) is 59.8 Å². The van der Waals surface area contributed by atoms with Gasteiger partial charge in [0, 0.05) is 17.3 Å². The molecule has 2 amide bonds. The summed E-state index contributed by atoms with van der Waals surface area (Å²) < 4.78 is 1.58. The van der Waals surface area contributed by atoms with Crippen LogP contribution in [-0.4, -0.2) is 43.8 Å². The number of hydrogen-bond donors (Lipinski definition) is 2. The highest BCUT2D eigenvalue weighted by atomic mass is 32.2. The van der Waals surface area contributed by atoms with Gasteiger partial charge in [-0.05, 0) is 53.6 Å². The van der Waals surface area contributed by atoms with Crippen LogP contribution in [0.3, 0.4) is 0 Å². The molecule has 1 fully saturated rings. The van der Waals surface area contributed by atoms with E-state index in [0.29, 0.717) is 16.4 Å². The van der Waals surface area contributed by atoms with Crippen LogP contribution in [0.1, 0.15) is 23.2 Å². The second-order valence-electron chi connectivity index (χ2n) is 6.37. The molecule has 1 aliphatic rings. The summed E-state index contributed by atoms with van der Waals surface area (Å²) in [7, 11) is 0. The average Bonchev–Trinajstić information content (AvgIpc) is 3.40. The fourth-order valence-corrected chi connectivity index (χ4v) is 3.25. The lowest BCUT2D eigenvalue weighted by Crippen LogP contribution is -2.25. The van der Waals surface area contributed by atoms with E-state index in [1.165, 1.54) is 11.8 Å². The summed E-state index contributed by atoms with van der Waals surface area (Å²) in [6.45, 7) is 0. The zero-order valence-electron chi connectivity index (χ0n) is 14.9. The number of hydrogen-bond acceptors (Lipinski definition) is 6. The predicted octanol–water partition coefficient (Wildman–Crippen LogP) is 2.29. The van der Waals surface area contributed by atoms with Crippen LogP contribution in [0.25, 0.3) is 5.69 Å². The van der Waals surface area contributed by atoms with Gasteiger partial charge in [-0.2, -0.15) is 4.68 Å². The molecule has 2 aromatic carbocycles. The molecule has 0 saturated heterocycles. The molecule has 3 aromatic rings. The molecule has 0 atom stereocenters. The number of tetrazole rings is 1. The van der Waals surface area contributed by atoms with Gasteiger partial charge in [0.1, 0.15) is 0 Å². The van der Waals surface area contributed by atoms with Crippen LogP contribution in [-0.2, 0) is 4.79 Å². The van der Waals surface area contributed by atoms with Crippen molar-refractivity contribution in [1.82, 2.24) is 25.5 Å². The Morgan fingerprint density at radius 1 is 1.11 bits per heavy atom. The average molecular weight is 394 g/mol. The maximum absolute atomic E-state index is 12.3. The Balaban J connectivity index is 1.35. The summed E-state index contributed by atoms with van der Waals surface area (Å²) >= 11 is 1.24. The van der Waals surface area contributed by atoms with Crippen molar-refractivity contribution in [3.05, 3.63) is 60.2 Å². The molecule has 1 aromatic heterocycles. The molecule has 142 valence electrons. The summed E-state index contributed by atoms with van der Waals surface area (Å²) in [6.07, 6.45) is 2.06. The smallest absolute Gasteiger partial charge is 0.251 e. The Kier molecular flexibility index (Phi) is 5.34. The van der Waals surface area contributed by atoms with Crippen LogP contribution < -0.4 is 10.6 Å². The first-order valence-electron chi connectivity index (χ1n) is 8.86. The van der Waals surface area contributed by atoms with E-state index in [9.17, 15) is 9.59 Å². The number of carbonyl (C=O) groups is 2. The molecule has 0 unspecified atom stereocenters. The van der Waals surface area contributed by atoms with Crippen molar-refractivity contribution >= 4 is 29.3 Å². The summed E-state index contributed by atoms with van der Waals surface area (Å²) in [6, 6.07) is 16.7. The van der Waals surface area contributed by atoms with E-state index < -0.39 is 0 Å². The monoisotopic (exact) mass is 394 g/mol. The van der Waals surface area contributed by atoms with Crippen LogP contribution in [0, 0.1) is 0 Å². The first-order valence-corrected chi connectivity index (χ1v) is 9.85. The largest absolute Gasteiger partial charge is 0.349 e. The molecule has 1 saturated carbocycles. The van der Waals surface area contributed by atoms with Gasteiger partial charge in [0.2, 0.25) is 11.1 Å². The van der Waals surface area contributed by atoms with Gasteiger partial charge in [-0.25, -0.2) is 0 Å². The van der Waals surface area contributed by atoms with Gasteiger partial charge in [-0.3, -0.25) is 9.59 Å². The molecule has 0 spiro atoms. The molecule has 28 heavy (non-hydrogen) atoms. The van der Waals surface area contributed by atoms with Crippen LogP contribution >= 0.6 is 11.8 Å². The number of rotatable bonds is 7. The van der Waals surface area contributed by atoms with E-state index >= 15 is 0 Å². The van der Waals surface area contributed by atoms with Gasteiger partial charge in [0.15, 0.2) is 0 Å². The molecule has 2 N–H and O–H groups in total. The van der Waals surface area contributed by atoms with Gasteiger partial charge in [-0.15, -0.1) is 5.10 Å². The second-order valence-corrected chi connectivity index (χ2v) is 7.32. The minimum atomic E-state index is -0.202. The standard InChI is InChI=1S/C19H18N6O2S/c26-17(12-28-19-22-23-24-25(19)16-7-2-1-3-8-16)20-15-6-4-5-13(11-15)18(27)21-14-9-10-14/h1-8,11,14H,9-10,12H2,(H,20,26)(H,21,27). The minimum absolute atomic E-state index is 0.116. The van der Waals surface area contributed by atoms with Gasteiger partial charge in [0.05, 0.1) is 11.4 Å². The fourth-order valence-electron chi connectivity index (χ4n) is 2.56.